The van der Waals surface area contributed by atoms with E-state index in [1.165, 1.54) is 22.7 Å². The summed E-state index contributed by atoms with van der Waals surface area (Å²) in [6.45, 7) is 6.97. The lowest BCUT2D eigenvalue weighted by Crippen LogP contribution is -2.15. The normalized spacial score (nSPS) is 10.6. The Morgan fingerprint density at radius 3 is 3.11 bits per heavy atom. The first-order valence-corrected chi connectivity index (χ1v) is 8.35. The van der Waals surface area contributed by atoms with Gasteiger partial charge in [-0.2, -0.15) is 0 Å². The van der Waals surface area contributed by atoms with E-state index < -0.39 is 0 Å². The second-order valence-electron chi connectivity index (χ2n) is 3.69. The summed E-state index contributed by atoms with van der Waals surface area (Å²) in [5.41, 5.74) is 1.02. The van der Waals surface area contributed by atoms with Gasteiger partial charge >= 0.3 is 4.87 Å². The van der Waals surface area contributed by atoms with Gasteiger partial charge in [0.25, 0.3) is 0 Å². The third-order valence-electron chi connectivity index (χ3n) is 2.32. The fraction of sp³-hybridized carbons (Fsp3) is 0.364. The van der Waals surface area contributed by atoms with Crippen LogP contribution in [0.15, 0.2) is 27.2 Å². The molecule has 0 amide bonds. The van der Waals surface area contributed by atoms with Crippen molar-refractivity contribution >= 4 is 39.6 Å². The van der Waals surface area contributed by atoms with Crippen molar-refractivity contribution in [1.29, 1.82) is 0 Å². The van der Waals surface area contributed by atoms with Gasteiger partial charge in [-0.25, -0.2) is 0 Å². The summed E-state index contributed by atoms with van der Waals surface area (Å²) in [4.78, 5) is 11.6. The van der Waals surface area contributed by atoms with E-state index in [0.29, 0.717) is 13.1 Å². The van der Waals surface area contributed by atoms with E-state index in [4.69, 9.17) is 0 Å². The van der Waals surface area contributed by atoms with Crippen LogP contribution in [0.25, 0.3) is 0 Å². The number of thioether (sulfide) groups is 1. The van der Waals surface area contributed by atoms with E-state index in [1.807, 2.05) is 12.3 Å². The predicted molar refractivity (Wildman–Crippen MR) is 82.6 cm³/mol. The number of rotatable bonds is 7. The molecule has 2 rings (SSSR count). The second kappa shape index (κ2) is 6.88. The molecule has 1 N–H and O–H groups in total. The van der Waals surface area contributed by atoms with Gasteiger partial charge in [-0.05, 0) is 6.92 Å². The maximum atomic E-state index is 11.5. The highest BCUT2D eigenvalue weighted by atomic mass is 32.2. The summed E-state index contributed by atoms with van der Waals surface area (Å²) >= 11 is 4.37. The number of hydrogen-bond acceptors (Lipinski definition) is 7. The summed E-state index contributed by atoms with van der Waals surface area (Å²) in [6, 6.07) is 0. The van der Waals surface area contributed by atoms with Crippen molar-refractivity contribution in [3.63, 3.8) is 0 Å². The van der Waals surface area contributed by atoms with Crippen LogP contribution in [0.1, 0.15) is 5.69 Å². The maximum absolute atomic E-state index is 11.5. The second-order valence-corrected chi connectivity index (χ2v) is 6.83. The van der Waals surface area contributed by atoms with Gasteiger partial charge in [0.15, 0.2) is 4.34 Å². The minimum absolute atomic E-state index is 0.101. The van der Waals surface area contributed by atoms with Crippen LogP contribution in [0.4, 0.5) is 5.13 Å². The molecule has 0 radical (unpaired) electrons. The fourth-order valence-electron chi connectivity index (χ4n) is 1.40. The Morgan fingerprint density at radius 1 is 1.58 bits per heavy atom. The largest absolute Gasteiger partial charge is 0.357 e. The molecule has 102 valence electrons. The molecule has 19 heavy (non-hydrogen) atoms. The standard InChI is InChI=1S/C11H14N4OS3/c1-3-4-12-9-13-14-10(19-9)17-6-5-15-8(2)7-18-11(15)16/h3,7H,1,4-6H2,2H3,(H,12,13). The van der Waals surface area contributed by atoms with Gasteiger partial charge in [0.2, 0.25) is 5.13 Å². The Bertz CT molecular complexity index is 601. The molecule has 0 aromatic carbocycles. The highest BCUT2D eigenvalue weighted by Crippen LogP contribution is 2.25. The first-order chi connectivity index (χ1) is 9.20. The molecular formula is C11H14N4OS3. The van der Waals surface area contributed by atoms with Gasteiger partial charge < -0.3 is 9.88 Å². The van der Waals surface area contributed by atoms with Crippen LogP contribution in [0.2, 0.25) is 0 Å². The summed E-state index contributed by atoms with van der Waals surface area (Å²) in [5, 5.41) is 13.9. The summed E-state index contributed by atoms with van der Waals surface area (Å²) in [5.74, 6) is 0.813. The third kappa shape index (κ3) is 3.92. The molecule has 0 fully saturated rings. The van der Waals surface area contributed by atoms with Gasteiger partial charge in [0, 0.05) is 29.9 Å². The van der Waals surface area contributed by atoms with Crippen LogP contribution in [0, 0.1) is 6.92 Å². The lowest BCUT2D eigenvalue weighted by molar-refractivity contribution is 0.730. The number of aromatic nitrogens is 3. The third-order valence-corrected chi connectivity index (χ3v) is 5.20. The zero-order chi connectivity index (χ0) is 13.7. The molecule has 0 unspecified atom stereocenters. The van der Waals surface area contributed by atoms with Crippen molar-refractivity contribution in [2.75, 3.05) is 17.6 Å². The zero-order valence-corrected chi connectivity index (χ0v) is 12.9. The molecule has 0 saturated carbocycles. The lowest BCUT2D eigenvalue weighted by Gasteiger charge is -2.01. The van der Waals surface area contributed by atoms with Crippen molar-refractivity contribution in [2.24, 2.45) is 0 Å². The first-order valence-electron chi connectivity index (χ1n) is 5.66. The molecule has 0 aliphatic heterocycles. The van der Waals surface area contributed by atoms with Crippen molar-refractivity contribution < 1.29 is 0 Å². The van der Waals surface area contributed by atoms with Crippen LogP contribution in [-0.4, -0.2) is 27.1 Å². The van der Waals surface area contributed by atoms with Crippen LogP contribution in [0.3, 0.4) is 0 Å². The average Bonchev–Trinajstić information content (AvgIpc) is 2.97. The average molecular weight is 314 g/mol. The molecule has 0 spiro atoms. The van der Waals surface area contributed by atoms with E-state index in [0.717, 1.165) is 20.9 Å². The Kier molecular flexibility index (Phi) is 5.17. The lowest BCUT2D eigenvalue weighted by atomic mass is 10.5. The van der Waals surface area contributed by atoms with Gasteiger partial charge in [-0.15, -0.1) is 16.8 Å². The molecule has 0 aliphatic carbocycles. The van der Waals surface area contributed by atoms with Gasteiger partial charge in [-0.1, -0.05) is 40.5 Å². The highest BCUT2D eigenvalue weighted by Gasteiger charge is 2.06. The summed E-state index contributed by atoms with van der Waals surface area (Å²) in [7, 11) is 0. The fourth-order valence-corrected chi connectivity index (χ4v) is 3.91. The topological polar surface area (TPSA) is 59.8 Å². The molecule has 0 atom stereocenters. The van der Waals surface area contributed by atoms with E-state index in [2.05, 4.69) is 22.1 Å². The van der Waals surface area contributed by atoms with Crippen LogP contribution in [0.5, 0.6) is 0 Å². The van der Waals surface area contributed by atoms with E-state index in [1.54, 1.807) is 22.4 Å². The summed E-state index contributed by atoms with van der Waals surface area (Å²) in [6.07, 6.45) is 1.78. The molecule has 0 aliphatic rings. The Balaban J connectivity index is 1.84. The minimum Gasteiger partial charge on any atom is -0.357 e. The maximum Gasteiger partial charge on any atom is 0.307 e. The SMILES string of the molecule is C=CCNc1nnc(SCCn2c(C)csc2=O)s1. The van der Waals surface area contributed by atoms with Crippen LogP contribution >= 0.6 is 34.4 Å². The zero-order valence-electron chi connectivity index (χ0n) is 10.5. The molecule has 0 bridgehead atoms. The monoisotopic (exact) mass is 314 g/mol. The van der Waals surface area contributed by atoms with Crippen molar-refractivity contribution in [3.8, 4) is 0 Å². The van der Waals surface area contributed by atoms with Crippen molar-refractivity contribution in [2.45, 2.75) is 17.8 Å². The van der Waals surface area contributed by atoms with Gasteiger partial charge in [0.1, 0.15) is 0 Å². The molecule has 2 aromatic heterocycles. The smallest absolute Gasteiger partial charge is 0.307 e. The Hall–Kier alpha value is -1.12. The first kappa shape index (κ1) is 14.3. The number of nitrogens with zero attached hydrogens (tertiary/aromatic N) is 3. The molecule has 5 nitrogen and oxygen atoms in total. The Labute approximate surface area is 123 Å². The summed E-state index contributed by atoms with van der Waals surface area (Å²) < 4.78 is 2.70. The molecule has 2 aromatic rings. The molecule has 2 heterocycles. The van der Waals surface area contributed by atoms with Gasteiger partial charge in [0.05, 0.1) is 0 Å². The van der Waals surface area contributed by atoms with Crippen LogP contribution in [-0.2, 0) is 6.54 Å². The minimum atomic E-state index is 0.101. The Morgan fingerprint density at radius 2 is 2.42 bits per heavy atom. The molecule has 8 heteroatoms. The van der Waals surface area contributed by atoms with Crippen molar-refractivity contribution in [1.82, 2.24) is 14.8 Å². The number of aryl methyl sites for hydroxylation is 1. The number of hydrogen-bond donors (Lipinski definition) is 1. The number of nitrogens with one attached hydrogen (secondary N) is 1. The van der Waals surface area contributed by atoms with Crippen LogP contribution < -0.4 is 10.2 Å². The highest BCUT2D eigenvalue weighted by molar-refractivity contribution is 8.01. The number of thiazole rings is 1. The molecular weight excluding hydrogens is 300 g/mol. The predicted octanol–water partition coefficient (Wildman–Crippen LogP) is 2.46. The van der Waals surface area contributed by atoms with Gasteiger partial charge in [-0.3, -0.25) is 4.79 Å². The quantitative estimate of drug-likeness (QED) is 0.628. The van der Waals surface area contributed by atoms with E-state index in [9.17, 15) is 4.79 Å². The number of anilines is 1. The molecule has 0 saturated heterocycles. The van der Waals surface area contributed by atoms with E-state index in [-0.39, 0.29) is 4.87 Å². The van der Waals surface area contributed by atoms with E-state index >= 15 is 0 Å². The van der Waals surface area contributed by atoms with Crippen molar-refractivity contribution in [3.05, 3.63) is 33.4 Å².